The first-order valence-electron chi connectivity index (χ1n) is 22.7. The number of hydrogen-bond donors (Lipinski definition) is 2. The molecule has 70 heavy (non-hydrogen) atoms. The zero-order valence-corrected chi connectivity index (χ0v) is 39.5. The van der Waals surface area contributed by atoms with Crippen LogP contribution in [0.5, 0.6) is 11.5 Å². The number of para-hydroxylation sites is 2. The first kappa shape index (κ1) is 46.1. The Morgan fingerprint density at radius 3 is 2.26 bits per heavy atom. The minimum Gasteiger partial charge on any atom is -0.507 e. The molecule has 19 heteroatoms. The summed E-state index contributed by atoms with van der Waals surface area (Å²) >= 11 is 13.7. The normalized spacial score (nSPS) is 16.9. The highest BCUT2D eigenvalue weighted by atomic mass is 35.5. The summed E-state index contributed by atoms with van der Waals surface area (Å²) in [5.74, 6) is -0.129. The molecule has 10 rings (SSSR count). The fourth-order valence-corrected chi connectivity index (χ4v) is 10.2. The van der Waals surface area contributed by atoms with Crippen molar-refractivity contribution in [3.8, 4) is 39.7 Å². The van der Waals surface area contributed by atoms with Crippen LogP contribution in [0.2, 0.25) is 10.0 Å². The summed E-state index contributed by atoms with van der Waals surface area (Å²) in [4.78, 5) is 82.3. The van der Waals surface area contributed by atoms with Crippen LogP contribution < -0.4 is 25.9 Å². The van der Waals surface area contributed by atoms with Crippen LogP contribution in [0.25, 0.3) is 50.3 Å². The molecule has 3 aromatic carbocycles. The number of nitrogens with zero attached hydrogens (tertiary/aromatic N) is 9. The molecule has 2 saturated heterocycles. The largest absolute Gasteiger partial charge is 0.507 e. The number of amides is 2. The molecule has 2 amide bonds. The molecule has 7 aromatic rings. The molecule has 0 aliphatic carbocycles. The van der Waals surface area contributed by atoms with Crippen LogP contribution in [-0.4, -0.2) is 108 Å². The number of pyridine rings is 2. The van der Waals surface area contributed by atoms with E-state index in [-0.39, 0.29) is 58.2 Å². The average molecular weight is 984 g/mol. The Morgan fingerprint density at radius 1 is 0.843 bits per heavy atom. The van der Waals surface area contributed by atoms with E-state index < -0.39 is 17.2 Å². The Kier molecular flexibility index (Phi) is 12.3. The zero-order valence-electron chi connectivity index (χ0n) is 38.0. The second-order valence-electron chi connectivity index (χ2n) is 17.5. The summed E-state index contributed by atoms with van der Waals surface area (Å²) in [6.07, 6.45) is 5.54. The highest BCUT2D eigenvalue weighted by molar-refractivity contribution is 6.34. The number of carbonyl (C=O) groups excluding carboxylic acids is 2. The lowest BCUT2D eigenvalue weighted by Crippen LogP contribution is -2.54. The third kappa shape index (κ3) is 8.38. The van der Waals surface area contributed by atoms with Crippen molar-refractivity contribution in [2.24, 2.45) is 0 Å². The summed E-state index contributed by atoms with van der Waals surface area (Å²) < 4.78 is 22.8. The van der Waals surface area contributed by atoms with Gasteiger partial charge in [0.25, 0.3) is 0 Å². The van der Waals surface area contributed by atoms with Crippen LogP contribution in [0.3, 0.4) is 0 Å². The topological polar surface area (TPSA) is 183 Å². The third-order valence-electron chi connectivity index (χ3n) is 13.1. The number of H-pyrrole nitrogens is 1. The summed E-state index contributed by atoms with van der Waals surface area (Å²) in [6, 6.07) is 20.0. The van der Waals surface area contributed by atoms with E-state index in [1.807, 2.05) is 72.2 Å². The van der Waals surface area contributed by atoms with Crippen molar-refractivity contribution in [2.45, 2.75) is 45.4 Å². The standard InChI is InChI=1S/C51H45Cl2FN10O6/c1-4-40(66)60-19-21-63(28(2)25-60)48-34-24-35(52)43-32-14-6-7-17-39(32)70-27-31-13-9-12-30(45(31)64(49(34)56-43)51(69)59-48)11-5-8-18-41(67)61-20-22-62(29(3)26-61)47-33-23-36(53)44(55-46(33)57-50(68)58-47)42-37(54)15-10-16-38(42)65/h4,6-10,12-18,23-24,28-29,65H,1,5,11,19-22,25-27H2,2-3H3,(H,55,57,58,68)/b18-8-/t28-,29-/m0/s1. The van der Waals surface area contributed by atoms with Crippen molar-refractivity contribution < 1.29 is 23.8 Å². The van der Waals surface area contributed by atoms with Crippen LogP contribution in [0.15, 0.2) is 107 Å². The highest BCUT2D eigenvalue weighted by Gasteiger charge is 2.32. The number of aryl methyl sites for hydroxylation is 1. The molecule has 3 aliphatic rings. The Hall–Kier alpha value is -7.63. The predicted molar refractivity (Wildman–Crippen MR) is 267 cm³/mol. The first-order chi connectivity index (χ1) is 33.8. The number of aromatic nitrogens is 6. The minimum absolute atomic E-state index is 0.0352. The average Bonchev–Trinajstić information content (AvgIpc) is 3.34. The number of ether oxygens (including phenoxy) is 1. The van der Waals surface area contributed by atoms with Crippen molar-refractivity contribution in [2.75, 3.05) is 49.1 Å². The van der Waals surface area contributed by atoms with E-state index in [2.05, 4.69) is 21.5 Å². The fraction of sp³-hybridized carbons (Fsp3) is 0.255. The number of phenolic OH excluding ortho intramolecular Hbond substituents is 1. The highest BCUT2D eigenvalue weighted by Crippen LogP contribution is 2.41. The predicted octanol–water partition coefficient (Wildman–Crippen LogP) is 7.24. The van der Waals surface area contributed by atoms with Gasteiger partial charge in [0.2, 0.25) is 11.8 Å². The van der Waals surface area contributed by atoms with Crippen LogP contribution >= 0.6 is 23.2 Å². The Labute approximate surface area is 409 Å². The Morgan fingerprint density at radius 2 is 1.53 bits per heavy atom. The van der Waals surface area contributed by atoms with Gasteiger partial charge >= 0.3 is 11.4 Å². The molecule has 0 radical (unpaired) electrons. The number of phenols is 1. The van der Waals surface area contributed by atoms with Crippen molar-refractivity contribution in [3.63, 3.8) is 0 Å². The van der Waals surface area contributed by atoms with Gasteiger partial charge in [-0.2, -0.15) is 9.97 Å². The molecule has 0 saturated carbocycles. The van der Waals surface area contributed by atoms with E-state index >= 15 is 0 Å². The Bertz CT molecular complexity index is 3440. The molecular formula is C51H45Cl2FN10O6. The summed E-state index contributed by atoms with van der Waals surface area (Å²) in [7, 11) is 0. The summed E-state index contributed by atoms with van der Waals surface area (Å²) in [6.45, 7) is 9.88. The number of anilines is 2. The molecule has 2 atom stereocenters. The van der Waals surface area contributed by atoms with E-state index in [9.17, 15) is 28.7 Å². The molecule has 7 heterocycles. The van der Waals surface area contributed by atoms with Gasteiger partial charge < -0.3 is 29.4 Å². The van der Waals surface area contributed by atoms with Gasteiger partial charge in [0, 0.05) is 62.5 Å². The molecule has 0 unspecified atom stereocenters. The lowest BCUT2D eigenvalue weighted by atomic mass is 10.0. The fourth-order valence-electron chi connectivity index (χ4n) is 9.69. The molecule has 2 fully saturated rings. The summed E-state index contributed by atoms with van der Waals surface area (Å²) in [5, 5.41) is 11.8. The number of hydrogen-bond acceptors (Lipinski definition) is 12. The van der Waals surface area contributed by atoms with E-state index in [1.54, 1.807) is 21.9 Å². The number of allylic oxidation sites excluding steroid dienone is 1. The molecule has 4 aromatic heterocycles. The maximum Gasteiger partial charge on any atom is 0.355 e. The van der Waals surface area contributed by atoms with Gasteiger partial charge in [-0.25, -0.2) is 28.5 Å². The van der Waals surface area contributed by atoms with E-state index in [4.69, 9.17) is 37.9 Å². The van der Waals surface area contributed by atoms with Crippen molar-refractivity contribution in [1.29, 1.82) is 0 Å². The number of nitrogens with one attached hydrogen (secondary N) is 1. The lowest BCUT2D eigenvalue weighted by molar-refractivity contribution is -0.127. The van der Waals surface area contributed by atoms with Gasteiger partial charge in [-0.15, -0.1) is 0 Å². The number of aromatic hydroxyl groups is 1. The molecule has 16 nitrogen and oxygen atoms in total. The van der Waals surface area contributed by atoms with Crippen LogP contribution in [-0.2, 0) is 22.6 Å². The minimum atomic E-state index is -0.728. The number of rotatable bonds is 8. The summed E-state index contributed by atoms with van der Waals surface area (Å²) in [5.41, 5.74) is 2.26. The van der Waals surface area contributed by atoms with E-state index in [1.165, 1.54) is 34.9 Å². The van der Waals surface area contributed by atoms with Gasteiger partial charge in [0.1, 0.15) is 41.2 Å². The number of halogens is 3. The molecule has 2 N–H and O–H groups in total. The number of fused-ring (bicyclic) bond motifs is 6. The number of piperazine rings is 2. The van der Waals surface area contributed by atoms with Gasteiger partial charge in [-0.1, -0.05) is 72.3 Å². The van der Waals surface area contributed by atoms with Crippen LogP contribution in [0.4, 0.5) is 16.0 Å². The monoisotopic (exact) mass is 982 g/mol. The van der Waals surface area contributed by atoms with Crippen molar-refractivity contribution in [1.82, 2.24) is 39.3 Å². The third-order valence-corrected chi connectivity index (χ3v) is 13.6. The lowest BCUT2D eigenvalue weighted by Gasteiger charge is -2.40. The quantitative estimate of drug-likeness (QED) is 0.146. The van der Waals surface area contributed by atoms with E-state index in [0.29, 0.717) is 108 Å². The number of benzene rings is 3. The van der Waals surface area contributed by atoms with Gasteiger partial charge in [0.05, 0.1) is 43.5 Å². The van der Waals surface area contributed by atoms with Crippen LogP contribution in [0, 0.1) is 5.82 Å². The molecular weight excluding hydrogens is 939 g/mol. The van der Waals surface area contributed by atoms with Crippen molar-refractivity contribution in [3.05, 3.63) is 146 Å². The van der Waals surface area contributed by atoms with E-state index in [0.717, 1.165) is 11.1 Å². The van der Waals surface area contributed by atoms with Crippen LogP contribution in [0.1, 0.15) is 31.4 Å². The second kappa shape index (κ2) is 18.7. The van der Waals surface area contributed by atoms with Crippen molar-refractivity contribution >= 4 is 68.7 Å². The SMILES string of the molecule is C=CC(=O)N1CCN(c2nc(=O)n3c4nc(c(Cl)cc24)-c2ccccc2OCc2cccc(CC/C=C\C(=O)N4CCN(c5nc(=O)[nH]c6nc(-c7c(O)cccc7F)c(Cl)cc56)[C@@H](C)C4)c2-3)[C@@H](C)C1. The number of carbonyl (C=O) groups is 2. The Balaban J connectivity index is 0.912. The van der Waals surface area contributed by atoms with Gasteiger partial charge in [0.15, 0.2) is 5.65 Å². The molecule has 356 valence electrons. The van der Waals surface area contributed by atoms with Gasteiger partial charge in [-0.05, 0) is 80.8 Å². The maximum absolute atomic E-state index is 14.8. The second-order valence-corrected chi connectivity index (χ2v) is 18.3. The molecule has 3 aliphatic heterocycles. The number of aromatic amines is 1. The smallest absolute Gasteiger partial charge is 0.355 e. The van der Waals surface area contributed by atoms with Gasteiger partial charge in [-0.3, -0.25) is 14.6 Å². The molecule has 2 bridgehead atoms. The molecule has 0 spiro atoms. The zero-order chi connectivity index (χ0) is 49.0. The maximum atomic E-state index is 14.8. The first-order valence-corrected chi connectivity index (χ1v) is 23.5.